The molecule has 2 atom stereocenters. The smallest absolute Gasteiger partial charge is 0.410 e. The number of carbonyl (C=O) groups is 1. The van der Waals surface area contributed by atoms with Gasteiger partial charge in [-0.1, -0.05) is 0 Å². The summed E-state index contributed by atoms with van der Waals surface area (Å²) in [5.41, 5.74) is -0.514. The fraction of sp³-hybridized carbons (Fsp3) is 0.900. The third-order valence-corrected chi connectivity index (χ3v) is 3.12. The van der Waals surface area contributed by atoms with Crippen LogP contribution in [-0.4, -0.2) is 52.4 Å². The average molecular weight is 284 g/mol. The Morgan fingerprint density at radius 1 is 1.59 bits per heavy atom. The van der Waals surface area contributed by atoms with Crippen molar-refractivity contribution in [1.82, 2.24) is 4.90 Å². The Morgan fingerprint density at radius 3 is 2.76 bits per heavy atom. The van der Waals surface area contributed by atoms with Crippen LogP contribution in [0, 0.1) is 0 Å². The molecule has 5 nitrogen and oxygen atoms in total. The third kappa shape index (κ3) is 5.70. The molecule has 1 fully saturated rings. The number of amides is 1. The number of rotatable bonds is 2. The van der Waals surface area contributed by atoms with Crippen LogP contribution < -0.4 is 0 Å². The highest BCUT2D eigenvalue weighted by molar-refractivity contribution is 8.08. The van der Waals surface area contributed by atoms with Gasteiger partial charge < -0.3 is 14.4 Å². The molecular formula is C10H18ClNO4S. The fourth-order valence-electron chi connectivity index (χ4n) is 1.46. The predicted molar refractivity (Wildman–Crippen MR) is 66.4 cm³/mol. The average Bonchev–Trinajstić information content (AvgIpc) is 2.14. The van der Waals surface area contributed by atoms with E-state index < -0.39 is 15.6 Å². The quantitative estimate of drug-likeness (QED) is 0.721. The molecule has 2 unspecified atom stereocenters. The van der Waals surface area contributed by atoms with Gasteiger partial charge in [0.15, 0.2) is 0 Å². The molecule has 100 valence electrons. The molecule has 0 bridgehead atoms. The largest absolute Gasteiger partial charge is 0.444 e. The van der Waals surface area contributed by atoms with Crippen LogP contribution in [0.5, 0.6) is 0 Å². The molecule has 0 spiro atoms. The molecule has 7 heteroatoms. The van der Waals surface area contributed by atoms with Gasteiger partial charge in [-0.3, -0.25) is 0 Å². The molecule has 0 saturated carbocycles. The minimum Gasteiger partial charge on any atom is -0.444 e. The second-order valence-electron chi connectivity index (χ2n) is 4.88. The Kier molecular flexibility index (Phi) is 5.22. The first kappa shape index (κ1) is 14.7. The first-order chi connectivity index (χ1) is 7.78. The Labute approximate surface area is 108 Å². The summed E-state index contributed by atoms with van der Waals surface area (Å²) < 4.78 is 21.5. The molecule has 1 rings (SSSR count). The summed E-state index contributed by atoms with van der Waals surface area (Å²) in [5.74, 6) is 0.223. The van der Waals surface area contributed by atoms with E-state index in [1.807, 2.05) is 20.8 Å². The van der Waals surface area contributed by atoms with E-state index in [1.165, 1.54) is 0 Å². The summed E-state index contributed by atoms with van der Waals surface area (Å²) in [6, 6.07) is 0. The normalized spacial score (nSPS) is 23.3. The Morgan fingerprint density at radius 2 is 2.24 bits per heavy atom. The van der Waals surface area contributed by atoms with E-state index in [0.717, 1.165) is 0 Å². The van der Waals surface area contributed by atoms with E-state index in [2.05, 4.69) is 0 Å². The zero-order valence-corrected chi connectivity index (χ0v) is 11.8. The molecule has 0 aromatic rings. The number of nitrogens with zero attached hydrogens (tertiary/aromatic N) is 1. The van der Waals surface area contributed by atoms with Crippen molar-refractivity contribution in [2.45, 2.75) is 32.5 Å². The first-order valence-electron chi connectivity index (χ1n) is 5.42. The minimum absolute atomic E-state index is 0.223. The van der Waals surface area contributed by atoms with Crippen LogP contribution in [-0.2, 0) is 19.5 Å². The lowest BCUT2D eigenvalue weighted by Crippen LogP contribution is -2.48. The Balaban J connectivity index is 2.49. The first-order valence-corrected chi connectivity index (χ1v) is 7.56. The molecular weight excluding hydrogens is 266 g/mol. The van der Waals surface area contributed by atoms with E-state index >= 15 is 0 Å². The molecule has 0 N–H and O–H groups in total. The molecule has 1 saturated heterocycles. The van der Waals surface area contributed by atoms with Gasteiger partial charge in [0.1, 0.15) is 15.6 Å². The van der Waals surface area contributed by atoms with Crippen LogP contribution in [0.2, 0.25) is 0 Å². The van der Waals surface area contributed by atoms with Crippen molar-refractivity contribution in [1.29, 1.82) is 0 Å². The molecule has 1 heterocycles. The standard InChI is InChI=1S/C10H18ClNO4S/c1-10(2,3)16-9(13)12-4-5-15-8(6-12)7-17(11)14/h8H,4-7H2,1-3H3. The van der Waals surface area contributed by atoms with E-state index in [-0.39, 0.29) is 18.0 Å². The zero-order valence-electron chi connectivity index (χ0n) is 10.3. The van der Waals surface area contributed by atoms with Gasteiger partial charge in [-0.15, -0.1) is 0 Å². The Hall–Kier alpha value is -0.330. The Bertz CT molecular complexity index is 305. The van der Waals surface area contributed by atoms with Crippen molar-refractivity contribution in [3.63, 3.8) is 0 Å². The van der Waals surface area contributed by atoms with Crippen molar-refractivity contribution in [3.8, 4) is 0 Å². The zero-order chi connectivity index (χ0) is 13.1. The summed E-state index contributed by atoms with van der Waals surface area (Å²) in [7, 11) is 3.96. The summed E-state index contributed by atoms with van der Waals surface area (Å²) in [5, 5.41) is 0. The second kappa shape index (κ2) is 6.02. The second-order valence-corrected chi connectivity index (χ2v) is 6.82. The third-order valence-electron chi connectivity index (χ3n) is 2.11. The number of carbonyl (C=O) groups excluding carboxylic acids is 1. The monoisotopic (exact) mass is 283 g/mol. The van der Waals surface area contributed by atoms with Gasteiger partial charge in [0.25, 0.3) is 0 Å². The number of morpholine rings is 1. The maximum Gasteiger partial charge on any atom is 0.410 e. The summed E-state index contributed by atoms with van der Waals surface area (Å²) in [6.45, 7) is 6.72. The number of hydrogen-bond donors (Lipinski definition) is 0. The van der Waals surface area contributed by atoms with Crippen molar-refractivity contribution >= 4 is 26.8 Å². The van der Waals surface area contributed by atoms with Crippen LogP contribution in [0.15, 0.2) is 0 Å². The van der Waals surface area contributed by atoms with E-state index in [4.69, 9.17) is 20.2 Å². The van der Waals surface area contributed by atoms with Crippen LogP contribution in [0.3, 0.4) is 0 Å². The lowest BCUT2D eigenvalue weighted by Gasteiger charge is -2.33. The van der Waals surface area contributed by atoms with E-state index in [0.29, 0.717) is 19.7 Å². The van der Waals surface area contributed by atoms with Crippen molar-refractivity contribution in [3.05, 3.63) is 0 Å². The van der Waals surface area contributed by atoms with Gasteiger partial charge in [0, 0.05) is 6.54 Å². The summed E-state index contributed by atoms with van der Waals surface area (Å²) in [4.78, 5) is 13.3. The van der Waals surface area contributed by atoms with E-state index in [9.17, 15) is 9.00 Å². The van der Waals surface area contributed by atoms with Crippen molar-refractivity contribution < 1.29 is 18.5 Å². The maximum atomic E-state index is 11.8. The minimum atomic E-state index is -1.44. The van der Waals surface area contributed by atoms with Crippen LogP contribution in [0.25, 0.3) is 0 Å². The van der Waals surface area contributed by atoms with Gasteiger partial charge in [-0.25, -0.2) is 9.00 Å². The van der Waals surface area contributed by atoms with Gasteiger partial charge in [0.2, 0.25) is 0 Å². The van der Waals surface area contributed by atoms with Crippen molar-refractivity contribution in [2.75, 3.05) is 25.4 Å². The molecule has 0 aromatic carbocycles. The number of ether oxygens (including phenoxy) is 2. The maximum absolute atomic E-state index is 11.8. The highest BCUT2D eigenvalue weighted by atomic mass is 35.7. The summed E-state index contributed by atoms with van der Waals surface area (Å²) >= 11 is 0. The molecule has 17 heavy (non-hydrogen) atoms. The van der Waals surface area contributed by atoms with Gasteiger partial charge in [0.05, 0.1) is 25.0 Å². The SMILES string of the molecule is CC(C)(C)OC(=O)N1CCOC(CS(=O)Cl)C1. The van der Waals surface area contributed by atoms with Crippen LogP contribution in [0.4, 0.5) is 4.79 Å². The lowest BCUT2D eigenvalue weighted by atomic mass is 10.2. The lowest BCUT2D eigenvalue weighted by molar-refractivity contribution is -0.0339. The topological polar surface area (TPSA) is 55.8 Å². The fourth-order valence-corrected chi connectivity index (χ4v) is 2.37. The number of hydrogen-bond acceptors (Lipinski definition) is 4. The van der Waals surface area contributed by atoms with Crippen LogP contribution in [0.1, 0.15) is 20.8 Å². The molecule has 0 aromatic heterocycles. The molecule has 1 aliphatic heterocycles. The molecule has 0 aliphatic carbocycles. The molecule has 0 radical (unpaired) electrons. The van der Waals surface area contributed by atoms with Crippen LogP contribution >= 0.6 is 10.7 Å². The highest BCUT2D eigenvalue weighted by Gasteiger charge is 2.28. The van der Waals surface area contributed by atoms with Gasteiger partial charge in [-0.05, 0) is 31.5 Å². The predicted octanol–water partition coefficient (Wildman–Crippen LogP) is 1.52. The summed E-state index contributed by atoms with van der Waals surface area (Å²) in [6.07, 6.45) is -0.652. The van der Waals surface area contributed by atoms with E-state index in [1.54, 1.807) is 4.90 Å². The van der Waals surface area contributed by atoms with Gasteiger partial charge in [-0.2, -0.15) is 0 Å². The van der Waals surface area contributed by atoms with Gasteiger partial charge >= 0.3 is 6.09 Å². The molecule has 1 aliphatic rings. The number of halogens is 1. The van der Waals surface area contributed by atoms with Crippen molar-refractivity contribution in [2.24, 2.45) is 0 Å². The molecule has 1 amide bonds. The highest BCUT2D eigenvalue weighted by Crippen LogP contribution is 2.13.